The number of hydrogen-bond donors (Lipinski definition) is 0. The molecule has 3 rings (SSSR count). The average Bonchev–Trinajstić information content (AvgIpc) is 2.92. The highest BCUT2D eigenvalue weighted by Crippen LogP contribution is 2.39. The van der Waals surface area contributed by atoms with E-state index in [1.165, 1.54) is 21.9 Å². The molecule has 1 amide bonds. The summed E-state index contributed by atoms with van der Waals surface area (Å²) in [4.78, 5) is 24.3. The molecule has 1 aliphatic heterocycles. The summed E-state index contributed by atoms with van der Waals surface area (Å²) >= 11 is 1.36. The van der Waals surface area contributed by atoms with E-state index < -0.39 is 10.0 Å². The van der Waals surface area contributed by atoms with Crippen LogP contribution in [0.2, 0.25) is 0 Å². The van der Waals surface area contributed by atoms with Gasteiger partial charge in [0.1, 0.15) is 10.3 Å². The van der Waals surface area contributed by atoms with Crippen molar-refractivity contribution < 1.29 is 13.2 Å². The maximum Gasteiger partial charge on any atom is 0.263 e. The highest BCUT2D eigenvalue weighted by atomic mass is 32.2. The first kappa shape index (κ1) is 17.2. The van der Waals surface area contributed by atoms with Crippen LogP contribution in [-0.2, 0) is 10.0 Å². The van der Waals surface area contributed by atoms with Crippen LogP contribution in [0.4, 0.5) is 0 Å². The number of piperidine rings is 1. The molecule has 2 aromatic heterocycles. The lowest BCUT2D eigenvalue weighted by molar-refractivity contribution is 0.0830. The zero-order chi connectivity index (χ0) is 17.5. The highest BCUT2D eigenvalue weighted by Gasteiger charge is 2.32. The first-order valence-corrected chi connectivity index (χ1v) is 10.4. The largest absolute Gasteiger partial charge is 0.344 e. The minimum Gasteiger partial charge on any atom is -0.344 e. The molecular formula is C15H20N4O3S2. The highest BCUT2D eigenvalue weighted by molar-refractivity contribution is 7.88. The van der Waals surface area contributed by atoms with E-state index in [4.69, 9.17) is 0 Å². The third-order valence-corrected chi connectivity index (χ3v) is 6.69. The molecule has 1 saturated heterocycles. The van der Waals surface area contributed by atoms with Gasteiger partial charge in [0.05, 0.1) is 11.1 Å². The van der Waals surface area contributed by atoms with Gasteiger partial charge in [-0.15, -0.1) is 11.3 Å². The maximum absolute atomic E-state index is 12.6. The maximum atomic E-state index is 12.6. The zero-order valence-electron chi connectivity index (χ0n) is 13.9. The normalized spacial score (nSPS) is 17.3. The van der Waals surface area contributed by atoms with E-state index in [0.717, 1.165) is 15.9 Å². The molecule has 0 aliphatic carbocycles. The molecule has 0 radical (unpaired) electrons. The zero-order valence-corrected chi connectivity index (χ0v) is 15.5. The van der Waals surface area contributed by atoms with Crippen LogP contribution in [0, 0.1) is 0 Å². The number of fused-ring (bicyclic) bond motifs is 1. The number of carbonyl (C=O) groups excluding carboxylic acids is 1. The molecular weight excluding hydrogens is 348 g/mol. The van der Waals surface area contributed by atoms with Gasteiger partial charge in [-0.1, -0.05) is 0 Å². The Morgan fingerprint density at radius 3 is 2.46 bits per heavy atom. The van der Waals surface area contributed by atoms with E-state index in [1.807, 2.05) is 0 Å². The Morgan fingerprint density at radius 2 is 1.88 bits per heavy atom. The standard InChI is InChI=1S/C15H20N4O3S2/c1-18(2)15(20)13-11(12-14(23-13)17-7-6-16-12)10-4-8-19(9-5-10)24(3,21)22/h6-7,10H,4-5,8-9H2,1-3H3. The molecule has 24 heavy (non-hydrogen) atoms. The Kier molecular flexibility index (Phi) is 4.58. The van der Waals surface area contributed by atoms with Crippen LogP contribution in [0.5, 0.6) is 0 Å². The van der Waals surface area contributed by atoms with Crippen LogP contribution in [-0.4, -0.2) is 66.9 Å². The topological polar surface area (TPSA) is 83.5 Å². The van der Waals surface area contributed by atoms with Gasteiger partial charge in [0.25, 0.3) is 5.91 Å². The summed E-state index contributed by atoms with van der Waals surface area (Å²) in [5.41, 5.74) is 1.69. The molecule has 3 heterocycles. The fourth-order valence-corrected chi connectivity index (χ4v) is 5.14. The third kappa shape index (κ3) is 3.15. The van der Waals surface area contributed by atoms with Crippen molar-refractivity contribution in [3.05, 3.63) is 22.8 Å². The Balaban J connectivity index is 2.00. The van der Waals surface area contributed by atoms with Crippen molar-refractivity contribution in [3.8, 4) is 0 Å². The summed E-state index contributed by atoms with van der Waals surface area (Å²) < 4.78 is 24.9. The summed E-state index contributed by atoms with van der Waals surface area (Å²) in [5.74, 6) is 0.0627. The number of amides is 1. The van der Waals surface area contributed by atoms with E-state index in [1.54, 1.807) is 31.4 Å². The van der Waals surface area contributed by atoms with Gasteiger partial charge >= 0.3 is 0 Å². The Morgan fingerprint density at radius 1 is 1.25 bits per heavy atom. The van der Waals surface area contributed by atoms with Crippen LogP contribution < -0.4 is 0 Å². The summed E-state index contributed by atoms with van der Waals surface area (Å²) in [6, 6.07) is 0. The van der Waals surface area contributed by atoms with Crippen molar-refractivity contribution in [1.29, 1.82) is 0 Å². The summed E-state index contributed by atoms with van der Waals surface area (Å²) in [6.45, 7) is 0.938. The SMILES string of the molecule is CN(C)C(=O)c1sc2nccnc2c1C1CCN(S(C)(=O)=O)CC1. The van der Waals surface area contributed by atoms with Crippen LogP contribution in [0.3, 0.4) is 0 Å². The fraction of sp³-hybridized carbons (Fsp3) is 0.533. The summed E-state index contributed by atoms with van der Waals surface area (Å²) in [6.07, 6.45) is 5.86. The van der Waals surface area contributed by atoms with Gasteiger partial charge in [-0.05, 0) is 18.8 Å². The summed E-state index contributed by atoms with van der Waals surface area (Å²) in [7, 11) is 0.284. The second-order valence-corrected chi connectivity index (χ2v) is 9.17. The van der Waals surface area contributed by atoms with Crippen molar-refractivity contribution >= 4 is 37.6 Å². The molecule has 7 nitrogen and oxygen atoms in total. The number of rotatable bonds is 3. The molecule has 130 valence electrons. The number of nitrogens with zero attached hydrogens (tertiary/aromatic N) is 4. The molecule has 0 aromatic carbocycles. The minimum atomic E-state index is -3.17. The quantitative estimate of drug-likeness (QED) is 0.820. The Hall–Kier alpha value is -1.58. The number of aromatic nitrogens is 2. The van der Waals surface area contributed by atoms with Crippen molar-refractivity contribution in [2.75, 3.05) is 33.4 Å². The van der Waals surface area contributed by atoms with Crippen molar-refractivity contribution in [3.63, 3.8) is 0 Å². The monoisotopic (exact) mass is 368 g/mol. The molecule has 0 atom stereocenters. The molecule has 0 unspecified atom stereocenters. The molecule has 2 aromatic rings. The van der Waals surface area contributed by atoms with Crippen molar-refractivity contribution in [2.24, 2.45) is 0 Å². The minimum absolute atomic E-state index is 0.0552. The van der Waals surface area contributed by atoms with Gasteiger partial charge in [-0.25, -0.2) is 17.7 Å². The van der Waals surface area contributed by atoms with Crippen LogP contribution in [0.25, 0.3) is 10.3 Å². The number of sulfonamides is 1. The van der Waals surface area contributed by atoms with Gasteiger partial charge in [0, 0.05) is 45.1 Å². The second-order valence-electron chi connectivity index (χ2n) is 6.19. The van der Waals surface area contributed by atoms with E-state index in [0.29, 0.717) is 30.8 Å². The third-order valence-electron chi connectivity index (χ3n) is 4.29. The molecule has 9 heteroatoms. The Bertz CT molecular complexity index is 868. The molecule has 0 spiro atoms. The first-order valence-electron chi connectivity index (χ1n) is 7.69. The fourth-order valence-electron chi connectivity index (χ4n) is 3.06. The second kappa shape index (κ2) is 6.38. The lowest BCUT2D eigenvalue weighted by Gasteiger charge is -2.30. The van der Waals surface area contributed by atoms with Gasteiger partial charge < -0.3 is 4.90 Å². The smallest absolute Gasteiger partial charge is 0.263 e. The molecule has 0 N–H and O–H groups in total. The lowest BCUT2D eigenvalue weighted by Crippen LogP contribution is -2.37. The predicted molar refractivity (Wildman–Crippen MR) is 93.8 cm³/mol. The van der Waals surface area contributed by atoms with E-state index >= 15 is 0 Å². The van der Waals surface area contributed by atoms with Crippen molar-refractivity contribution in [2.45, 2.75) is 18.8 Å². The molecule has 1 fully saturated rings. The number of carbonyl (C=O) groups is 1. The van der Waals surface area contributed by atoms with E-state index in [2.05, 4.69) is 9.97 Å². The van der Waals surface area contributed by atoms with E-state index in [9.17, 15) is 13.2 Å². The van der Waals surface area contributed by atoms with Gasteiger partial charge in [0.2, 0.25) is 10.0 Å². The van der Waals surface area contributed by atoms with E-state index in [-0.39, 0.29) is 11.8 Å². The molecule has 1 aliphatic rings. The predicted octanol–water partition coefficient (Wildman–Crippen LogP) is 1.53. The van der Waals surface area contributed by atoms with Gasteiger partial charge in [-0.3, -0.25) is 9.78 Å². The Labute approximate surface area is 145 Å². The number of hydrogen-bond acceptors (Lipinski definition) is 6. The van der Waals surface area contributed by atoms with Crippen LogP contribution in [0.1, 0.15) is 34.0 Å². The average molecular weight is 368 g/mol. The van der Waals surface area contributed by atoms with Crippen LogP contribution >= 0.6 is 11.3 Å². The lowest BCUT2D eigenvalue weighted by atomic mass is 9.89. The first-order chi connectivity index (χ1) is 11.3. The molecule has 0 bridgehead atoms. The number of thiophene rings is 1. The molecule has 0 saturated carbocycles. The van der Waals surface area contributed by atoms with Crippen LogP contribution in [0.15, 0.2) is 12.4 Å². The summed E-state index contributed by atoms with van der Waals surface area (Å²) in [5, 5.41) is 0. The van der Waals surface area contributed by atoms with Crippen molar-refractivity contribution in [1.82, 2.24) is 19.2 Å². The van der Waals surface area contributed by atoms with Gasteiger partial charge in [0.15, 0.2) is 0 Å². The van der Waals surface area contributed by atoms with Gasteiger partial charge in [-0.2, -0.15) is 0 Å².